The van der Waals surface area contributed by atoms with Crippen molar-refractivity contribution in [2.45, 2.75) is 38.7 Å². The maximum atomic E-state index is 10.1. The molecule has 3 rings (SSSR count). The minimum atomic E-state index is -0.514. The van der Waals surface area contributed by atoms with Crippen LogP contribution in [0.25, 0.3) is 0 Å². The largest absolute Gasteiger partial charge is 0.493 e. The molecule has 0 bridgehead atoms. The minimum Gasteiger partial charge on any atom is -0.493 e. The van der Waals surface area contributed by atoms with Gasteiger partial charge in [0.2, 0.25) is 0 Å². The summed E-state index contributed by atoms with van der Waals surface area (Å²) in [6.07, 6.45) is 3.43. The highest BCUT2D eigenvalue weighted by Crippen LogP contribution is 2.48. The van der Waals surface area contributed by atoms with Gasteiger partial charge in [0.1, 0.15) is 11.5 Å². The summed E-state index contributed by atoms with van der Waals surface area (Å²) in [5, 5.41) is 10.1. The first-order valence-electron chi connectivity index (χ1n) is 6.51. The lowest BCUT2D eigenvalue weighted by molar-refractivity contribution is 0.183. The summed E-state index contributed by atoms with van der Waals surface area (Å²) in [6.45, 7) is 3.29. The van der Waals surface area contributed by atoms with Crippen molar-refractivity contribution >= 4 is 15.9 Å². The highest BCUT2D eigenvalue weighted by molar-refractivity contribution is 9.10. The van der Waals surface area contributed by atoms with Crippen LogP contribution in [-0.4, -0.2) is 18.3 Å². The Labute approximate surface area is 115 Å². The van der Waals surface area contributed by atoms with Crippen LogP contribution in [0.1, 0.15) is 42.6 Å². The fourth-order valence-electron chi connectivity index (χ4n) is 2.87. The molecule has 0 saturated heterocycles. The molecule has 0 spiro atoms. The third-order valence-corrected chi connectivity index (χ3v) is 4.47. The second kappa shape index (κ2) is 4.74. The molecule has 0 fully saturated rings. The van der Waals surface area contributed by atoms with Crippen LogP contribution < -0.4 is 9.47 Å². The molecule has 1 unspecified atom stereocenters. The molecule has 3 nitrogen and oxygen atoms in total. The van der Waals surface area contributed by atoms with E-state index in [9.17, 15) is 5.11 Å². The Morgan fingerprint density at radius 3 is 2.33 bits per heavy atom. The predicted octanol–water partition coefficient (Wildman–Crippen LogP) is 3.15. The summed E-state index contributed by atoms with van der Waals surface area (Å²) in [5.41, 5.74) is 3.20. The van der Waals surface area contributed by atoms with Gasteiger partial charge in [-0.25, -0.2) is 0 Å². The van der Waals surface area contributed by atoms with E-state index in [4.69, 9.17) is 9.47 Å². The molecule has 98 valence electrons. The maximum Gasteiger partial charge on any atom is 0.137 e. The molecule has 0 saturated carbocycles. The normalized spacial score (nSPS) is 19.3. The van der Waals surface area contributed by atoms with Crippen molar-refractivity contribution in [2.75, 3.05) is 13.2 Å². The highest BCUT2D eigenvalue weighted by Gasteiger charge is 2.29. The number of benzene rings is 1. The Hall–Kier alpha value is -0.740. The van der Waals surface area contributed by atoms with Gasteiger partial charge in [-0.1, -0.05) is 0 Å². The van der Waals surface area contributed by atoms with E-state index in [2.05, 4.69) is 15.9 Å². The van der Waals surface area contributed by atoms with Gasteiger partial charge in [-0.05, 0) is 48.5 Å². The molecule has 1 aromatic carbocycles. The van der Waals surface area contributed by atoms with Crippen molar-refractivity contribution in [2.24, 2.45) is 0 Å². The molecule has 1 aromatic rings. The molecule has 2 aliphatic heterocycles. The Bertz CT molecular complexity index is 445. The van der Waals surface area contributed by atoms with Gasteiger partial charge in [-0.3, -0.25) is 0 Å². The minimum absolute atomic E-state index is 0.514. The fraction of sp³-hybridized carbons (Fsp3) is 0.571. The Morgan fingerprint density at radius 2 is 1.67 bits per heavy atom. The number of ether oxygens (including phenoxy) is 2. The smallest absolute Gasteiger partial charge is 0.137 e. The summed E-state index contributed by atoms with van der Waals surface area (Å²) in [6, 6.07) is 0. The van der Waals surface area contributed by atoms with Gasteiger partial charge < -0.3 is 14.6 Å². The van der Waals surface area contributed by atoms with Gasteiger partial charge in [0.15, 0.2) is 0 Å². The summed E-state index contributed by atoms with van der Waals surface area (Å²) in [5.74, 6) is 1.80. The lowest BCUT2D eigenvalue weighted by Gasteiger charge is -2.30. The lowest BCUT2D eigenvalue weighted by Crippen LogP contribution is -2.18. The van der Waals surface area contributed by atoms with Crippen molar-refractivity contribution in [1.29, 1.82) is 0 Å². The van der Waals surface area contributed by atoms with Crippen LogP contribution in [0.4, 0.5) is 0 Å². The number of hydrogen-bond donors (Lipinski definition) is 1. The second-order valence-electron chi connectivity index (χ2n) is 4.92. The van der Waals surface area contributed by atoms with Crippen LogP contribution in [-0.2, 0) is 12.8 Å². The molecule has 1 atom stereocenters. The van der Waals surface area contributed by atoms with Crippen molar-refractivity contribution in [3.05, 3.63) is 21.2 Å². The summed E-state index contributed by atoms with van der Waals surface area (Å²) in [4.78, 5) is 0. The van der Waals surface area contributed by atoms with Crippen molar-refractivity contribution in [3.8, 4) is 11.5 Å². The molecular weight excluding hydrogens is 296 g/mol. The molecule has 0 radical (unpaired) electrons. The van der Waals surface area contributed by atoms with E-state index in [1.165, 1.54) is 0 Å². The molecule has 0 aromatic heterocycles. The molecule has 2 aliphatic rings. The van der Waals surface area contributed by atoms with E-state index in [1.807, 2.05) is 0 Å². The first-order valence-corrected chi connectivity index (χ1v) is 7.30. The Kier molecular flexibility index (Phi) is 3.24. The van der Waals surface area contributed by atoms with Gasteiger partial charge in [-0.15, -0.1) is 0 Å². The maximum absolute atomic E-state index is 10.1. The molecule has 0 aliphatic carbocycles. The van der Waals surface area contributed by atoms with Gasteiger partial charge >= 0.3 is 0 Å². The quantitative estimate of drug-likeness (QED) is 0.865. The zero-order valence-electron chi connectivity index (χ0n) is 10.5. The average molecular weight is 313 g/mol. The van der Waals surface area contributed by atoms with E-state index >= 15 is 0 Å². The third-order valence-electron chi connectivity index (χ3n) is 3.64. The zero-order valence-corrected chi connectivity index (χ0v) is 12.0. The highest BCUT2D eigenvalue weighted by atomic mass is 79.9. The summed E-state index contributed by atoms with van der Waals surface area (Å²) >= 11 is 3.65. The van der Waals surface area contributed by atoms with Gasteiger partial charge in [0.25, 0.3) is 0 Å². The number of rotatable bonds is 1. The van der Waals surface area contributed by atoms with Crippen LogP contribution in [0.2, 0.25) is 0 Å². The van der Waals surface area contributed by atoms with E-state index in [0.717, 1.165) is 71.6 Å². The third kappa shape index (κ3) is 1.82. The molecule has 0 amide bonds. The van der Waals surface area contributed by atoms with Crippen LogP contribution in [0.3, 0.4) is 0 Å². The number of fused-ring (bicyclic) bond motifs is 2. The summed E-state index contributed by atoms with van der Waals surface area (Å²) < 4.78 is 12.6. The molecule has 2 heterocycles. The first-order chi connectivity index (χ1) is 8.70. The van der Waals surface area contributed by atoms with E-state index < -0.39 is 6.10 Å². The summed E-state index contributed by atoms with van der Waals surface area (Å²) in [7, 11) is 0. The molecule has 1 N–H and O–H groups in total. The zero-order chi connectivity index (χ0) is 12.7. The number of halogens is 1. The predicted molar refractivity (Wildman–Crippen MR) is 72.4 cm³/mol. The van der Waals surface area contributed by atoms with E-state index in [1.54, 1.807) is 6.92 Å². The number of hydrogen-bond acceptors (Lipinski definition) is 3. The van der Waals surface area contributed by atoms with Crippen molar-refractivity contribution in [1.82, 2.24) is 0 Å². The van der Waals surface area contributed by atoms with Crippen molar-refractivity contribution < 1.29 is 14.6 Å². The van der Waals surface area contributed by atoms with Crippen LogP contribution in [0.5, 0.6) is 11.5 Å². The topological polar surface area (TPSA) is 38.7 Å². The molecule has 4 heteroatoms. The molecule has 18 heavy (non-hydrogen) atoms. The SMILES string of the molecule is CC(O)c1c2c(c(Br)c3c1OCCC3)OCCC2. The fourth-order valence-corrected chi connectivity index (χ4v) is 3.60. The van der Waals surface area contributed by atoms with E-state index in [-0.39, 0.29) is 0 Å². The van der Waals surface area contributed by atoms with E-state index in [0.29, 0.717) is 0 Å². The van der Waals surface area contributed by atoms with Gasteiger partial charge in [0.05, 0.1) is 23.8 Å². The number of aliphatic hydroxyl groups excluding tert-OH is 1. The molecular formula is C14H17BrO3. The standard InChI is InChI=1S/C14H17BrO3/c1-8(16)11-9-4-2-7-18-14(9)12(15)10-5-3-6-17-13(10)11/h8,16H,2-7H2,1H3. The first kappa shape index (κ1) is 12.3. The van der Waals surface area contributed by atoms with Crippen LogP contribution >= 0.6 is 15.9 Å². The van der Waals surface area contributed by atoms with Crippen LogP contribution in [0.15, 0.2) is 4.47 Å². The Balaban J connectivity index is 2.27. The van der Waals surface area contributed by atoms with Crippen molar-refractivity contribution in [3.63, 3.8) is 0 Å². The Morgan fingerprint density at radius 1 is 1.06 bits per heavy atom. The van der Waals surface area contributed by atoms with Gasteiger partial charge in [0, 0.05) is 16.7 Å². The van der Waals surface area contributed by atoms with Gasteiger partial charge in [-0.2, -0.15) is 0 Å². The average Bonchev–Trinajstić information content (AvgIpc) is 2.39. The number of aliphatic hydroxyl groups is 1. The second-order valence-corrected chi connectivity index (χ2v) is 5.72. The monoisotopic (exact) mass is 312 g/mol. The van der Waals surface area contributed by atoms with Crippen LogP contribution in [0, 0.1) is 0 Å². The lowest BCUT2D eigenvalue weighted by atomic mass is 9.91.